The highest BCUT2D eigenvalue weighted by Crippen LogP contribution is 2.58. The molecule has 452 valence electrons. The zero-order chi connectivity index (χ0) is 61.8. The molecule has 0 unspecified atom stereocenters. The molecule has 2 aliphatic rings. The van der Waals surface area contributed by atoms with Crippen molar-refractivity contribution in [3.8, 4) is 69.0 Å². The number of imide groups is 2. The van der Waals surface area contributed by atoms with Crippen LogP contribution in [0.1, 0.15) is 120 Å². The molecule has 4 amide bonds. The summed E-state index contributed by atoms with van der Waals surface area (Å²) in [7, 11) is 0. The Morgan fingerprint density at radius 2 is 0.511 bits per heavy atom. The third kappa shape index (κ3) is 11.1. The van der Waals surface area contributed by atoms with Crippen LogP contribution in [-0.2, 0) is 0 Å². The molecule has 0 fully saturated rings. The number of anilines is 2. The first-order chi connectivity index (χ1) is 44.1. The highest BCUT2D eigenvalue weighted by molar-refractivity contribution is 6.48. The quantitative estimate of drug-likeness (QED) is 0.0217. The van der Waals surface area contributed by atoms with Crippen LogP contribution in [0.25, 0.3) is 43.1 Å². The number of aromatic nitrogens is 2. The number of hydrogen-bond donors (Lipinski definition) is 0. The molecule has 16 heteroatoms. The second-order valence-electron chi connectivity index (χ2n) is 22.1. The molecule has 0 atom stereocenters. The maximum absolute atomic E-state index is 15.7. The van der Waals surface area contributed by atoms with E-state index in [0.29, 0.717) is 105 Å². The summed E-state index contributed by atoms with van der Waals surface area (Å²) in [4.78, 5) is 73.3. The number of amides is 4. The molecule has 0 saturated heterocycles. The number of carbonyl (C=O) groups is 4. The van der Waals surface area contributed by atoms with Crippen LogP contribution in [0.15, 0.2) is 170 Å². The second-order valence-corrected chi connectivity index (χ2v) is 22.1. The lowest BCUT2D eigenvalue weighted by Crippen LogP contribution is -2.40. The molecule has 2 aromatic heterocycles. The molecule has 0 saturated carbocycles. The normalized spacial score (nSPS) is 12.8. The Morgan fingerprint density at radius 3 is 0.733 bits per heavy atom. The molecule has 9 aromatic carbocycles. The van der Waals surface area contributed by atoms with Crippen molar-refractivity contribution in [2.45, 2.75) is 79.1 Å². The van der Waals surface area contributed by atoms with Gasteiger partial charge in [-0.2, -0.15) is 0 Å². The van der Waals surface area contributed by atoms with Crippen molar-refractivity contribution in [1.29, 1.82) is 0 Å². The van der Waals surface area contributed by atoms with Crippen molar-refractivity contribution in [3.05, 3.63) is 193 Å². The van der Waals surface area contributed by atoms with Crippen LogP contribution in [-0.4, -0.2) is 60.0 Å². The average molecular weight is 1200 g/mol. The van der Waals surface area contributed by atoms with Crippen LogP contribution in [0.2, 0.25) is 0 Å². The fraction of sp³-hybridized carbons (Fsp3) is 0.216. The van der Waals surface area contributed by atoms with E-state index in [9.17, 15) is 0 Å². The molecule has 0 spiro atoms. The molecule has 11 aromatic rings. The summed E-state index contributed by atoms with van der Waals surface area (Å²) in [6.07, 6.45) is 13.4. The van der Waals surface area contributed by atoms with Crippen molar-refractivity contribution in [2.24, 2.45) is 0 Å². The fourth-order valence-electron chi connectivity index (χ4n) is 11.5. The predicted octanol–water partition coefficient (Wildman–Crippen LogP) is 18.0. The third-order valence-corrected chi connectivity index (χ3v) is 16.0. The Hall–Kier alpha value is -10.7. The van der Waals surface area contributed by atoms with Crippen molar-refractivity contribution in [3.63, 3.8) is 0 Å². The van der Waals surface area contributed by atoms with Gasteiger partial charge in [-0.1, -0.05) is 53.4 Å². The van der Waals surface area contributed by atoms with Crippen LogP contribution in [0.4, 0.5) is 11.4 Å². The number of hydrogen-bond acceptors (Lipinski definition) is 14. The molecule has 0 aliphatic carbocycles. The number of benzene rings is 9. The summed E-state index contributed by atoms with van der Waals surface area (Å²) < 4.78 is 53.1. The summed E-state index contributed by atoms with van der Waals surface area (Å²) >= 11 is 0. The van der Waals surface area contributed by atoms with E-state index in [1.807, 2.05) is 48.5 Å². The van der Waals surface area contributed by atoms with Gasteiger partial charge in [0, 0.05) is 67.9 Å². The SMILES string of the molecule is CCCCOc1ccc(Oc2cc3c4c(cc(Oc5ccc(OCCCC)cc5)c5c6c(Oc7ccc(OCCCC)cc7)cc7c8c(cc(Oc9ccc(OCCCC)cc9)c(c2c45)c86)C(=O)N(c2ccncc2)C7=O)C(=O)N(c2ccncc2)C3=O)cc1. The van der Waals surface area contributed by atoms with E-state index in [-0.39, 0.29) is 67.4 Å². The number of rotatable bonds is 26. The minimum absolute atomic E-state index is 0.130. The van der Waals surface area contributed by atoms with E-state index in [0.717, 1.165) is 61.2 Å². The Balaban J connectivity index is 1.17. The predicted molar refractivity (Wildman–Crippen MR) is 346 cm³/mol. The van der Waals surface area contributed by atoms with Gasteiger partial charge < -0.3 is 37.9 Å². The van der Waals surface area contributed by atoms with Gasteiger partial charge >= 0.3 is 0 Å². The van der Waals surface area contributed by atoms with Crippen LogP contribution < -0.4 is 47.7 Å². The molecule has 90 heavy (non-hydrogen) atoms. The highest BCUT2D eigenvalue weighted by atomic mass is 16.5. The second kappa shape index (κ2) is 25.5. The molecule has 2 aliphatic heterocycles. The van der Waals surface area contributed by atoms with Gasteiger partial charge in [0.25, 0.3) is 23.6 Å². The van der Waals surface area contributed by atoms with E-state index in [4.69, 9.17) is 37.9 Å². The first-order valence-corrected chi connectivity index (χ1v) is 30.7. The van der Waals surface area contributed by atoms with E-state index in [1.165, 1.54) is 24.8 Å². The first-order valence-electron chi connectivity index (χ1n) is 30.7. The van der Waals surface area contributed by atoms with Crippen LogP contribution >= 0.6 is 0 Å². The largest absolute Gasteiger partial charge is 0.494 e. The lowest BCUT2D eigenvalue weighted by molar-refractivity contribution is 0.0877. The van der Waals surface area contributed by atoms with Crippen molar-refractivity contribution < 1.29 is 57.1 Å². The number of carbonyl (C=O) groups excluding carboxylic acids is 4. The van der Waals surface area contributed by atoms with E-state index < -0.39 is 23.6 Å². The lowest BCUT2D eigenvalue weighted by atomic mass is 9.80. The maximum Gasteiger partial charge on any atom is 0.266 e. The van der Waals surface area contributed by atoms with Gasteiger partial charge in [0.15, 0.2) is 0 Å². The molecule has 0 radical (unpaired) electrons. The molecular formula is C74H64N4O12. The minimum Gasteiger partial charge on any atom is -0.494 e. The molecule has 13 rings (SSSR count). The zero-order valence-corrected chi connectivity index (χ0v) is 50.3. The van der Waals surface area contributed by atoms with Crippen molar-refractivity contribution >= 4 is 78.1 Å². The molecule has 0 N–H and O–H groups in total. The van der Waals surface area contributed by atoms with E-state index >= 15 is 19.2 Å². The monoisotopic (exact) mass is 1200 g/mol. The average Bonchev–Trinajstić information content (AvgIpc) is 0.674. The van der Waals surface area contributed by atoms with Gasteiger partial charge in [0.2, 0.25) is 0 Å². The number of pyridine rings is 2. The summed E-state index contributed by atoms with van der Waals surface area (Å²) in [5.41, 5.74) is 1.10. The van der Waals surface area contributed by atoms with E-state index in [2.05, 4.69) is 37.7 Å². The van der Waals surface area contributed by atoms with Gasteiger partial charge in [0.05, 0.1) is 60.1 Å². The summed E-state index contributed by atoms with van der Waals surface area (Å²) in [6.45, 7) is 10.5. The topological polar surface area (TPSA) is 174 Å². The summed E-state index contributed by atoms with van der Waals surface area (Å²) in [5, 5.41) is 2.73. The summed E-state index contributed by atoms with van der Waals surface area (Å²) in [6, 6.07) is 41.8. The fourth-order valence-corrected chi connectivity index (χ4v) is 11.5. The maximum atomic E-state index is 15.7. The van der Waals surface area contributed by atoms with Crippen molar-refractivity contribution in [1.82, 2.24) is 9.97 Å². The van der Waals surface area contributed by atoms with Gasteiger partial charge in [-0.3, -0.25) is 29.1 Å². The number of unbranched alkanes of at least 4 members (excludes halogenated alkanes) is 4. The molecule has 0 bridgehead atoms. The third-order valence-electron chi connectivity index (χ3n) is 16.0. The lowest BCUT2D eigenvalue weighted by Gasteiger charge is -2.32. The Labute approximate surface area is 519 Å². The van der Waals surface area contributed by atoms with Gasteiger partial charge in [0.1, 0.15) is 69.0 Å². The number of nitrogens with zero attached hydrogens (tertiary/aromatic N) is 4. The standard InChI is InChI=1S/C74H64N4O12/c1-5-9-37-83-47-13-21-51(22-14-47)87-59-41-55-63-56(72(80)77(71(55)79)45-29-33-75-34-30-45)43-61(89-53-25-17-49(18-26-53)85-39-11-7-3)67-68-62(90-54-27-19-50(20-28-54)86-40-12-8-4)44-58-64-57(73(81)78(74(58)82)46-31-35-76-36-32-46)42-60(66(70(64)68)65(59)69(63)67)88-52-23-15-48(16-24-52)84-38-10-6-2/h13-36,41-44H,5-12,37-40H2,1-4H3. The Bertz CT molecular complexity index is 3960. The van der Waals surface area contributed by atoms with Crippen molar-refractivity contribution in [2.75, 3.05) is 36.2 Å². The molecule has 16 nitrogen and oxygen atoms in total. The molecule has 4 heterocycles. The molecular weight excluding hydrogens is 1140 g/mol. The first kappa shape index (κ1) is 58.3. The Kier molecular flexibility index (Phi) is 16.5. The Morgan fingerprint density at radius 1 is 0.289 bits per heavy atom. The van der Waals surface area contributed by atoms with Gasteiger partial charge in [-0.25, -0.2) is 9.80 Å². The van der Waals surface area contributed by atoms with Gasteiger partial charge in [-0.15, -0.1) is 0 Å². The number of fused-ring (bicyclic) bond motifs is 2. The van der Waals surface area contributed by atoms with Crippen LogP contribution in [0.3, 0.4) is 0 Å². The van der Waals surface area contributed by atoms with Crippen LogP contribution in [0.5, 0.6) is 69.0 Å². The summed E-state index contributed by atoms with van der Waals surface area (Å²) in [5.74, 6) is 2.16. The highest BCUT2D eigenvalue weighted by Gasteiger charge is 2.42. The minimum atomic E-state index is -0.632. The van der Waals surface area contributed by atoms with E-state index in [1.54, 1.807) is 97.1 Å². The van der Waals surface area contributed by atoms with Gasteiger partial charge in [-0.05, 0) is 171 Å². The zero-order valence-electron chi connectivity index (χ0n) is 50.3. The smallest absolute Gasteiger partial charge is 0.266 e. The van der Waals surface area contributed by atoms with Crippen LogP contribution in [0, 0.1) is 0 Å². The number of ether oxygens (including phenoxy) is 8.